The van der Waals surface area contributed by atoms with Gasteiger partial charge in [-0.25, -0.2) is 0 Å². The monoisotopic (exact) mass is 230 g/mol. The first-order valence-corrected chi connectivity index (χ1v) is 7.55. The summed E-state index contributed by atoms with van der Waals surface area (Å²) in [5.41, 5.74) is 1.13. The van der Waals surface area contributed by atoms with Crippen molar-refractivity contribution in [2.75, 3.05) is 12.3 Å². The molecule has 14 heavy (non-hydrogen) atoms. The molecule has 0 saturated heterocycles. The van der Waals surface area contributed by atoms with Crippen molar-refractivity contribution in [2.45, 2.75) is 20.0 Å². The van der Waals surface area contributed by atoms with Crippen LogP contribution < -0.4 is 0 Å². The molecule has 0 aliphatic rings. The molecule has 0 spiro atoms. The molecule has 3 heteroatoms. The molecule has 1 nitrogen and oxygen atoms in total. The lowest BCUT2D eigenvalue weighted by molar-refractivity contribution is 0.575. The van der Waals surface area contributed by atoms with E-state index in [9.17, 15) is 4.57 Å². The van der Waals surface area contributed by atoms with Crippen LogP contribution in [0.15, 0.2) is 24.3 Å². The molecule has 0 saturated carbocycles. The third-order valence-corrected chi connectivity index (χ3v) is 6.04. The second-order valence-electron chi connectivity index (χ2n) is 3.48. The largest absolute Gasteiger partial charge is 0.323 e. The van der Waals surface area contributed by atoms with Gasteiger partial charge in [-0.05, 0) is 30.0 Å². The van der Waals surface area contributed by atoms with Gasteiger partial charge in [-0.15, -0.1) is 0 Å². The van der Waals surface area contributed by atoms with Gasteiger partial charge in [0.2, 0.25) is 0 Å². The van der Waals surface area contributed by atoms with Crippen molar-refractivity contribution in [1.29, 1.82) is 0 Å². The first-order chi connectivity index (χ1) is 6.59. The van der Waals surface area contributed by atoms with Gasteiger partial charge in [-0.1, -0.05) is 37.6 Å². The summed E-state index contributed by atoms with van der Waals surface area (Å²) < 4.78 is 12.2. The van der Waals surface area contributed by atoms with Crippen LogP contribution in [0.5, 0.6) is 0 Å². The molecule has 0 aliphatic carbocycles. The van der Waals surface area contributed by atoms with E-state index in [1.54, 1.807) is 0 Å². The summed E-state index contributed by atoms with van der Waals surface area (Å²) in [4.78, 5) is 0. The molecule has 0 bridgehead atoms. The molecule has 0 aromatic heterocycles. The van der Waals surface area contributed by atoms with Gasteiger partial charge in [-0.2, -0.15) is 0 Å². The molecule has 0 amide bonds. The Morgan fingerprint density at radius 2 is 1.64 bits per heavy atom. The van der Waals surface area contributed by atoms with Crippen LogP contribution in [0, 0.1) is 0 Å². The molecule has 0 aliphatic heterocycles. The molecule has 78 valence electrons. The van der Waals surface area contributed by atoms with Gasteiger partial charge in [0.05, 0.1) is 7.14 Å². The third-order valence-electron chi connectivity index (χ3n) is 2.54. The molecular formula is C11H16ClOP. The Hall–Kier alpha value is -0.260. The van der Waals surface area contributed by atoms with E-state index in [1.807, 2.05) is 38.1 Å². The topological polar surface area (TPSA) is 17.1 Å². The Morgan fingerprint density at radius 1 is 1.14 bits per heavy atom. The Labute approximate surface area is 90.8 Å². The fourth-order valence-electron chi connectivity index (χ4n) is 1.37. The Kier molecular flexibility index (Phi) is 4.22. The highest BCUT2D eigenvalue weighted by atomic mass is 35.5. The van der Waals surface area contributed by atoms with E-state index in [2.05, 4.69) is 0 Å². The van der Waals surface area contributed by atoms with E-state index in [4.69, 9.17) is 11.6 Å². The van der Waals surface area contributed by atoms with Gasteiger partial charge in [0.25, 0.3) is 0 Å². The molecular weight excluding hydrogens is 215 g/mol. The molecule has 0 radical (unpaired) electrons. The minimum Gasteiger partial charge on any atom is -0.323 e. The van der Waals surface area contributed by atoms with Crippen LogP contribution in [0.2, 0.25) is 5.02 Å². The van der Waals surface area contributed by atoms with Crippen molar-refractivity contribution < 1.29 is 4.57 Å². The smallest absolute Gasteiger partial charge is 0.0914 e. The fourth-order valence-corrected chi connectivity index (χ4v) is 3.27. The van der Waals surface area contributed by atoms with Crippen molar-refractivity contribution in [3.05, 3.63) is 34.9 Å². The van der Waals surface area contributed by atoms with Gasteiger partial charge in [-0.3, -0.25) is 0 Å². The highest BCUT2D eigenvalue weighted by molar-refractivity contribution is 7.63. The van der Waals surface area contributed by atoms with Crippen LogP contribution in [0.1, 0.15) is 19.4 Å². The van der Waals surface area contributed by atoms with E-state index in [0.717, 1.165) is 22.9 Å². The number of hydrogen-bond acceptors (Lipinski definition) is 1. The third kappa shape index (κ3) is 3.15. The van der Waals surface area contributed by atoms with Gasteiger partial charge < -0.3 is 4.57 Å². The first-order valence-electron chi connectivity index (χ1n) is 4.91. The van der Waals surface area contributed by atoms with Crippen LogP contribution in [0.4, 0.5) is 0 Å². The van der Waals surface area contributed by atoms with Gasteiger partial charge in [0.1, 0.15) is 0 Å². The first kappa shape index (κ1) is 11.8. The highest BCUT2D eigenvalue weighted by Gasteiger charge is 2.17. The number of halogens is 1. The summed E-state index contributed by atoms with van der Waals surface area (Å²) in [6.07, 6.45) is 2.27. The Bertz CT molecular complexity index is 324. The predicted molar refractivity (Wildman–Crippen MR) is 63.8 cm³/mol. The quantitative estimate of drug-likeness (QED) is 0.707. The summed E-state index contributed by atoms with van der Waals surface area (Å²) in [6.45, 7) is 4.00. The van der Waals surface area contributed by atoms with Gasteiger partial charge in [0, 0.05) is 11.2 Å². The average molecular weight is 231 g/mol. The zero-order chi connectivity index (χ0) is 10.6. The van der Waals surface area contributed by atoms with Gasteiger partial charge in [0.15, 0.2) is 0 Å². The fraction of sp³-hybridized carbons (Fsp3) is 0.455. The molecule has 0 fully saturated rings. The average Bonchev–Trinajstić information content (AvgIpc) is 2.21. The van der Waals surface area contributed by atoms with E-state index in [1.165, 1.54) is 0 Å². The van der Waals surface area contributed by atoms with E-state index < -0.39 is 7.14 Å². The van der Waals surface area contributed by atoms with Crippen molar-refractivity contribution >= 4 is 18.7 Å². The number of rotatable bonds is 4. The van der Waals surface area contributed by atoms with Gasteiger partial charge >= 0.3 is 0 Å². The summed E-state index contributed by atoms with van der Waals surface area (Å²) in [7, 11) is -1.96. The standard InChI is InChI=1S/C11H16ClOP/c1-3-14(13,4-2)9-10-5-7-11(12)8-6-10/h5-8H,3-4,9H2,1-2H3. The predicted octanol–water partition coefficient (Wildman–Crippen LogP) is 4.24. The summed E-state index contributed by atoms with van der Waals surface area (Å²) in [5.74, 6) is 0. The van der Waals surface area contributed by atoms with Crippen LogP contribution >= 0.6 is 18.7 Å². The number of benzene rings is 1. The zero-order valence-corrected chi connectivity index (χ0v) is 10.3. The lowest BCUT2D eigenvalue weighted by Crippen LogP contribution is -1.94. The maximum atomic E-state index is 12.2. The molecule has 0 unspecified atom stereocenters. The molecule has 1 aromatic rings. The second kappa shape index (κ2) is 5.00. The molecule has 0 atom stereocenters. The summed E-state index contributed by atoms with van der Waals surface area (Å²) in [5, 5.41) is 0.733. The lowest BCUT2D eigenvalue weighted by atomic mass is 10.2. The second-order valence-corrected chi connectivity index (χ2v) is 7.61. The van der Waals surface area contributed by atoms with Crippen molar-refractivity contribution in [1.82, 2.24) is 0 Å². The lowest BCUT2D eigenvalue weighted by Gasteiger charge is -2.13. The Balaban J connectivity index is 2.78. The molecule has 0 heterocycles. The molecule has 1 aromatic carbocycles. The van der Waals surface area contributed by atoms with E-state index in [-0.39, 0.29) is 0 Å². The number of hydrogen-bond donors (Lipinski definition) is 0. The SMILES string of the molecule is CCP(=O)(CC)Cc1ccc(Cl)cc1. The minimum atomic E-state index is -1.96. The summed E-state index contributed by atoms with van der Waals surface area (Å²) >= 11 is 5.78. The molecule has 0 N–H and O–H groups in total. The van der Waals surface area contributed by atoms with Crippen LogP contribution in [-0.4, -0.2) is 12.3 Å². The van der Waals surface area contributed by atoms with E-state index >= 15 is 0 Å². The normalized spacial score (nSPS) is 11.6. The van der Waals surface area contributed by atoms with Crippen molar-refractivity contribution in [3.63, 3.8) is 0 Å². The van der Waals surface area contributed by atoms with Crippen LogP contribution in [-0.2, 0) is 10.7 Å². The van der Waals surface area contributed by atoms with Crippen LogP contribution in [0.25, 0.3) is 0 Å². The molecule has 1 rings (SSSR count). The maximum absolute atomic E-state index is 12.2. The van der Waals surface area contributed by atoms with Crippen molar-refractivity contribution in [3.8, 4) is 0 Å². The minimum absolute atomic E-state index is 0.706. The highest BCUT2D eigenvalue weighted by Crippen LogP contribution is 2.48. The zero-order valence-electron chi connectivity index (χ0n) is 8.66. The van der Waals surface area contributed by atoms with Crippen molar-refractivity contribution in [2.24, 2.45) is 0 Å². The Morgan fingerprint density at radius 3 is 2.07 bits per heavy atom. The summed E-state index contributed by atoms with van der Waals surface area (Å²) in [6, 6.07) is 7.62. The van der Waals surface area contributed by atoms with Crippen LogP contribution in [0.3, 0.4) is 0 Å². The van der Waals surface area contributed by atoms with E-state index in [0.29, 0.717) is 6.16 Å². The maximum Gasteiger partial charge on any atom is 0.0914 e.